The van der Waals surface area contributed by atoms with Gasteiger partial charge in [-0.2, -0.15) is 0 Å². The molecular formula is C28H22N2O. The fourth-order valence-corrected chi connectivity index (χ4v) is 4.04. The smallest absolute Gasteiger partial charge is 0.161 e. The normalized spacial score (nSPS) is 10.9. The van der Waals surface area contributed by atoms with E-state index < -0.39 is 0 Å². The number of rotatable bonds is 5. The standard InChI is InChI=1S/C28H22N2O/c1-21(31)27-20-29(22-11-5-2-6-12-22)28-19-25(17-18-26(27)28)30(23-13-7-3-8-14-23)24-15-9-4-10-16-24/h2-20H,1H3. The highest BCUT2D eigenvalue weighted by Crippen LogP contribution is 2.37. The lowest BCUT2D eigenvalue weighted by Crippen LogP contribution is -2.09. The van der Waals surface area contributed by atoms with Gasteiger partial charge < -0.3 is 9.47 Å². The molecule has 3 heteroatoms. The zero-order valence-corrected chi connectivity index (χ0v) is 17.3. The second-order valence-electron chi connectivity index (χ2n) is 7.51. The van der Waals surface area contributed by atoms with Gasteiger partial charge in [-0.25, -0.2) is 0 Å². The molecule has 0 radical (unpaired) electrons. The Labute approximate surface area is 181 Å². The third-order valence-electron chi connectivity index (χ3n) is 5.49. The van der Waals surface area contributed by atoms with Crippen molar-refractivity contribution in [1.82, 2.24) is 4.57 Å². The number of hydrogen-bond donors (Lipinski definition) is 0. The molecular weight excluding hydrogens is 380 g/mol. The Morgan fingerprint density at radius 2 is 1.23 bits per heavy atom. The summed E-state index contributed by atoms with van der Waals surface area (Å²) >= 11 is 0. The molecule has 1 aromatic heterocycles. The first-order valence-corrected chi connectivity index (χ1v) is 10.3. The van der Waals surface area contributed by atoms with E-state index in [0.717, 1.165) is 39.2 Å². The summed E-state index contributed by atoms with van der Waals surface area (Å²) in [5, 5.41) is 0.959. The maximum absolute atomic E-state index is 12.3. The number of fused-ring (bicyclic) bond motifs is 1. The molecule has 0 saturated heterocycles. The number of ketones is 1. The van der Waals surface area contributed by atoms with Gasteiger partial charge in [0.25, 0.3) is 0 Å². The number of para-hydroxylation sites is 3. The van der Waals surface area contributed by atoms with Gasteiger partial charge >= 0.3 is 0 Å². The molecule has 150 valence electrons. The summed E-state index contributed by atoms with van der Waals surface area (Å²) in [7, 11) is 0. The Balaban J connectivity index is 1.75. The Hall–Kier alpha value is -4.11. The first kappa shape index (κ1) is 18.9. The fourth-order valence-electron chi connectivity index (χ4n) is 4.04. The van der Waals surface area contributed by atoms with Crippen molar-refractivity contribution in [2.24, 2.45) is 0 Å². The van der Waals surface area contributed by atoms with Gasteiger partial charge in [0.2, 0.25) is 0 Å². The Morgan fingerprint density at radius 3 is 1.77 bits per heavy atom. The van der Waals surface area contributed by atoms with Crippen LogP contribution in [0.2, 0.25) is 0 Å². The highest BCUT2D eigenvalue weighted by molar-refractivity contribution is 6.08. The Kier molecular flexibility index (Phi) is 4.85. The van der Waals surface area contributed by atoms with Gasteiger partial charge in [0.05, 0.1) is 5.52 Å². The molecule has 5 rings (SSSR count). The van der Waals surface area contributed by atoms with Crippen LogP contribution in [0, 0.1) is 0 Å². The molecule has 0 amide bonds. The zero-order chi connectivity index (χ0) is 21.2. The topological polar surface area (TPSA) is 25.2 Å². The van der Waals surface area contributed by atoms with Crippen molar-refractivity contribution in [2.45, 2.75) is 6.92 Å². The van der Waals surface area contributed by atoms with E-state index in [4.69, 9.17) is 0 Å². The predicted octanol–water partition coefficient (Wildman–Crippen LogP) is 7.30. The summed E-state index contributed by atoms with van der Waals surface area (Å²) in [6.45, 7) is 1.62. The van der Waals surface area contributed by atoms with Gasteiger partial charge in [0.15, 0.2) is 5.78 Å². The van der Waals surface area contributed by atoms with E-state index in [9.17, 15) is 4.79 Å². The maximum Gasteiger partial charge on any atom is 0.161 e. The second-order valence-corrected chi connectivity index (χ2v) is 7.51. The van der Waals surface area contributed by atoms with E-state index in [-0.39, 0.29) is 5.78 Å². The van der Waals surface area contributed by atoms with Crippen LogP contribution in [-0.2, 0) is 0 Å². The highest BCUT2D eigenvalue weighted by Gasteiger charge is 2.17. The number of benzene rings is 4. The number of aromatic nitrogens is 1. The van der Waals surface area contributed by atoms with Gasteiger partial charge in [0, 0.05) is 39.9 Å². The average molecular weight is 402 g/mol. The largest absolute Gasteiger partial charge is 0.316 e. The Morgan fingerprint density at radius 1 is 0.677 bits per heavy atom. The molecule has 0 N–H and O–H groups in total. The molecule has 0 saturated carbocycles. The molecule has 0 unspecified atom stereocenters. The van der Waals surface area contributed by atoms with E-state index in [1.54, 1.807) is 6.92 Å². The molecule has 1 heterocycles. The van der Waals surface area contributed by atoms with Crippen LogP contribution in [0.25, 0.3) is 16.6 Å². The summed E-state index contributed by atoms with van der Waals surface area (Å²) in [5.74, 6) is 0.0652. The van der Waals surface area contributed by atoms with Gasteiger partial charge in [-0.1, -0.05) is 60.7 Å². The number of hydrogen-bond acceptors (Lipinski definition) is 2. The number of nitrogens with zero attached hydrogens (tertiary/aromatic N) is 2. The van der Waals surface area contributed by atoms with Gasteiger partial charge in [-0.05, 0) is 55.5 Å². The first-order chi connectivity index (χ1) is 15.2. The molecule has 31 heavy (non-hydrogen) atoms. The van der Waals surface area contributed by atoms with Gasteiger partial charge in [-0.15, -0.1) is 0 Å². The molecule has 0 bridgehead atoms. The van der Waals surface area contributed by atoms with Crippen LogP contribution in [0.3, 0.4) is 0 Å². The molecule has 5 aromatic rings. The number of anilines is 3. The molecule has 4 aromatic carbocycles. The predicted molar refractivity (Wildman–Crippen MR) is 128 cm³/mol. The minimum atomic E-state index is 0.0652. The fraction of sp³-hybridized carbons (Fsp3) is 0.0357. The molecule has 0 aliphatic rings. The first-order valence-electron chi connectivity index (χ1n) is 10.3. The minimum absolute atomic E-state index is 0.0652. The van der Waals surface area contributed by atoms with Crippen LogP contribution in [0.1, 0.15) is 17.3 Å². The van der Waals surface area contributed by atoms with Crippen molar-refractivity contribution < 1.29 is 4.79 Å². The number of Topliss-reactive ketones (excluding diaryl/α,β-unsaturated/α-hetero) is 1. The summed E-state index contributed by atoms with van der Waals surface area (Å²) in [6, 6.07) is 37.1. The summed E-state index contributed by atoms with van der Waals surface area (Å²) in [6.07, 6.45) is 1.95. The van der Waals surface area contributed by atoms with Crippen molar-refractivity contribution in [3.8, 4) is 5.69 Å². The van der Waals surface area contributed by atoms with E-state index in [1.165, 1.54) is 0 Å². The van der Waals surface area contributed by atoms with E-state index in [2.05, 4.69) is 64.1 Å². The number of carbonyl (C=O) groups excluding carboxylic acids is 1. The SMILES string of the molecule is CC(=O)c1cn(-c2ccccc2)c2cc(N(c3ccccc3)c3ccccc3)ccc12. The lowest BCUT2D eigenvalue weighted by Gasteiger charge is -2.25. The Bertz CT molecular complexity index is 1300. The molecule has 0 aliphatic carbocycles. The monoisotopic (exact) mass is 402 g/mol. The molecule has 0 spiro atoms. The lowest BCUT2D eigenvalue weighted by atomic mass is 10.1. The van der Waals surface area contributed by atoms with Crippen LogP contribution in [0.5, 0.6) is 0 Å². The molecule has 0 atom stereocenters. The summed E-state index contributed by atoms with van der Waals surface area (Å²) in [5.41, 5.74) is 5.97. The van der Waals surface area contributed by atoms with Crippen molar-refractivity contribution in [2.75, 3.05) is 4.90 Å². The van der Waals surface area contributed by atoms with Crippen LogP contribution < -0.4 is 4.90 Å². The highest BCUT2D eigenvalue weighted by atomic mass is 16.1. The van der Waals surface area contributed by atoms with Gasteiger partial charge in [-0.3, -0.25) is 4.79 Å². The average Bonchev–Trinajstić information content (AvgIpc) is 3.21. The second kappa shape index (κ2) is 7.96. The number of carbonyl (C=O) groups is 1. The third-order valence-corrected chi connectivity index (χ3v) is 5.49. The van der Waals surface area contributed by atoms with Gasteiger partial charge in [0.1, 0.15) is 0 Å². The molecule has 0 aliphatic heterocycles. The van der Waals surface area contributed by atoms with Crippen LogP contribution >= 0.6 is 0 Å². The van der Waals surface area contributed by atoms with E-state index in [1.807, 2.05) is 60.8 Å². The van der Waals surface area contributed by atoms with E-state index in [0.29, 0.717) is 0 Å². The molecule has 3 nitrogen and oxygen atoms in total. The summed E-state index contributed by atoms with van der Waals surface area (Å²) in [4.78, 5) is 14.6. The third kappa shape index (κ3) is 3.51. The van der Waals surface area contributed by atoms with Crippen LogP contribution in [0.4, 0.5) is 17.1 Å². The van der Waals surface area contributed by atoms with Crippen molar-refractivity contribution in [3.05, 3.63) is 121 Å². The van der Waals surface area contributed by atoms with Crippen LogP contribution in [-0.4, -0.2) is 10.4 Å². The quantitative estimate of drug-likeness (QED) is 0.288. The van der Waals surface area contributed by atoms with Crippen molar-refractivity contribution >= 4 is 33.7 Å². The van der Waals surface area contributed by atoms with Crippen molar-refractivity contribution in [3.63, 3.8) is 0 Å². The van der Waals surface area contributed by atoms with E-state index >= 15 is 0 Å². The maximum atomic E-state index is 12.3. The summed E-state index contributed by atoms with van der Waals surface area (Å²) < 4.78 is 2.10. The lowest BCUT2D eigenvalue weighted by molar-refractivity contribution is 0.101. The minimum Gasteiger partial charge on any atom is -0.316 e. The zero-order valence-electron chi connectivity index (χ0n) is 17.3. The molecule has 0 fully saturated rings. The van der Waals surface area contributed by atoms with Crippen LogP contribution in [0.15, 0.2) is 115 Å². The van der Waals surface area contributed by atoms with Crippen molar-refractivity contribution in [1.29, 1.82) is 0 Å².